The number of benzene rings is 11. The maximum Gasteiger partial charge on any atom is 0.135 e. The molecule has 1 heteroatoms. The zero-order valence-electron chi connectivity index (χ0n) is 32.7. The Bertz CT molecular complexity index is 3660. The molecule has 0 atom stereocenters. The van der Waals surface area contributed by atoms with E-state index in [1.807, 2.05) is 6.07 Å². The minimum absolute atomic E-state index is 0.627. The summed E-state index contributed by atoms with van der Waals surface area (Å²) in [4.78, 5) is 0. The molecule has 1 heterocycles. The summed E-state index contributed by atoms with van der Waals surface area (Å²) >= 11 is 0. The highest BCUT2D eigenvalue weighted by atomic mass is 16.3. The fourth-order valence-electron chi connectivity index (χ4n) is 10.8. The highest BCUT2D eigenvalue weighted by Crippen LogP contribution is 2.61. The molecule has 0 spiro atoms. The van der Waals surface area contributed by atoms with Crippen molar-refractivity contribution in [2.45, 2.75) is 5.41 Å². The number of furan rings is 1. The van der Waals surface area contributed by atoms with E-state index in [-0.39, 0.29) is 0 Å². The first-order chi connectivity index (χ1) is 29.8. The first-order valence-electron chi connectivity index (χ1n) is 20.8. The van der Waals surface area contributed by atoms with Gasteiger partial charge in [0.2, 0.25) is 0 Å². The molecule has 11 aromatic carbocycles. The van der Waals surface area contributed by atoms with Crippen LogP contribution in [0.2, 0.25) is 0 Å². The Balaban J connectivity index is 1.19. The van der Waals surface area contributed by atoms with E-state index in [1.54, 1.807) is 0 Å². The number of para-hydroxylation sites is 1. The molecule has 0 radical (unpaired) electrons. The molecule has 12 aromatic rings. The van der Waals surface area contributed by atoms with Crippen molar-refractivity contribution < 1.29 is 4.42 Å². The molecule has 1 aliphatic rings. The maximum absolute atomic E-state index is 6.35. The van der Waals surface area contributed by atoms with Crippen molar-refractivity contribution in [3.63, 3.8) is 0 Å². The summed E-state index contributed by atoms with van der Waals surface area (Å²) in [6.07, 6.45) is 0. The lowest BCUT2D eigenvalue weighted by Gasteiger charge is -2.35. The van der Waals surface area contributed by atoms with E-state index in [9.17, 15) is 0 Å². The molecular weight excluding hydrogens is 725 g/mol. The van der Waals surface area contributed by atoms with Gasteiger partial charge in [0.25, 0.3) is 0 Å². The first-order valence-corrected chi connectivity index (χ1v) is 20.8. The van der Waals surface area contributed by atoms with Crippen molar-refractivity contribution in [2.24, 2.45) is 0 Å². The van der Waals surface area contributed by atoms with Crippen LogP contribution in [0.1, 0.15) is 22.3 Å². The van der Waals surface area contributed by atoms with Crippen LogP contribution in [-0.2, 0) is 5.41 Å². The van der Waals surface area contributed by atoms with E-state index in [4.69, 9.17) is 4.42 Å². The second-order valence-electron chi connectivity index (χ2n) is 16.3. The molecule has 0 aliphatic heterocycles. The summed E-state index contributed by atoms with van der Waals surface area (Å²) < 4.78 is 6.35. The summed E-state index contributed by atoms with van der Waals surface area (Å²) in [5, 5.41) is 12.3. The molecular formula is C59H36O. The summed E-state index contributed by atoms with van der Waals surface area (Å²) in [5.74, 6) is 0. The van der Waals surface area contributed by atoms with Crippen LogP contribution in [0, 0.1) is 0 Å². The van der Waals surface area contributed by atoms with Gasteiger partial charge in [-0.25, -0.2) is 0 Å². The molecule has 0 unspecified atom stereocenters. The summed E-state index contributed by atoms with van der Waals surface area (Å²) in [6, 6.07) is 81.0. The Morgan fingerprint density at radius 1 is 0.300 bits per heavy atom. The van der Waals surface area contributed by atoms with Crippen LogP contribution in [0.5, 0.6) is 0 Å². The molecule has 0 saturated carbocycles. The van der Waals surface area contributed by atoms with Crippen molar-refractivity contribution in [3.8, 4) is 33.4 Å². The number of hydrogen-bond acceptors (Lipinski definition) is 1. The molecule has 0 saturated heterocycles. The Morgan fingerprint density at radius 2 is 0.900 bits per heavy atom. The Kier molecular flexibility index (Phi) is 7.00. The summed E-state index contributed by atoms with van der Waals surface area (Å²) in [7, 11) is 0. The van der Waals surface area contributed by atoms with Gasteiger partial charge in [-0.1, -0.05) is 182 Å². The van der Waals surface area contributed by atoms with E-state index in [2.05, 4.69) is 212 Å². The van der Waals surface area contributed by atoms with Gasteiger partial charge in [-0.3, -0.25) is 0 Å². The van der Waals surface area contributed by atoms with Gasteiger partial charge in [0.05, 0.1) is 5.41 Å². The van der Waals surface area contributed by atoms with Crippen molar-refractivity contribution in [3.05, 3.63) is 241 Å². The van der Waals surface area contributed by atoms with Gasteiger partial charge in [-0.2, -0.15) is 0 Å². The molecule has 0 amide bonds. The molecule has 0 N–H and O–H groups in total. The van der Waals surface area contributed by atoms with Gasteiger partial charge >= 0.3 is 0 Å². The monoisotopic (exact) mass is 760 g/mol. The largest absolute Gasteiger partial charge is 0.456 e. The van der Waals surface area contributed by atoms with Crippen molar-refractivity contribution in [1.82, 2.24) is 0 Å². The Labute approximate surface area is 347 Å². The van der Waals surface area contributed by atoms with Gasteiger partial charge in [0.15, 0.2) is 0 Å². The number of hydrogen-bond donors (Lipinski definition) is 0. The Hall–Kier alpha value is -7.74. The van der Waals surface area contributed by atoms with E-state index >= 15 is 0 Å². The van der Waals surface area contributed by atoms with Gasteiger partial charge < -0.3 is 4.42 Å². The van der Waals surface area contributed by atoms with Crippen LogP contribution >= 0.6 is 0 Å². The first kappa shape index (κ1) is 33.3. The van der Waals surface area contributed by atoms with E-state index in [1.165, 1.54) is 98.7 Å². The van der Waals surface area contributed by atoms with E-state index in [0.717, 1.165) is 21.9 Å². The zero-order valence-corrected chi connectivity index (χ0v) is 32.7. The fourth-order valence-corrected chi connectivity index (χ4v) is 10.8. The SMILES string of the molecule is c1ccc(C2(c3ccccc3)c3cc(-c4c5ccccc5cc5c4ccc4ccccc45)ccc3-c3c(-c4ccc5oc6ccccc6c5c4)cc4ccccc4c32)cc1. The fraction of sp³-hybridized carbons (Fsp3) is 0.0169. The summed E-state index contributed by atoms with van der Waals surface area (Å²) in [6.45, 7) is 0. The normalized spacial score (nSPS) is 13.1. The molecule has 1 aromatic heterocycles. The van der Waals surface area contributed by atoms with Crippen LogP contribution in [0.25, 0.3) is 98.4 Å². The molecule has 0 bridgehead atoms. The minimum Gasteiger partial charge on any atom is -0.456 e. The second-order valence-corrected chi connectivity index (χ2v) is 16.3. The molecule has 1 nitrogen and oxygen atoms in total. The second kappa shape index (κ2) is 12.6. The lowest BCUT2D eigenvalue weighted by atomic mass is 9.66. The van der Waals surface area contributed by atoms with Gasteiger partial charge in [0.1, 0.15) is 11.2 Å². The zero-order chi connectivity index (χ0) is 39.4. The van der Waals surface area contributed by atoms with E-state index < -0.39 is 5.41 Å². The Morgan fingerprint density at radius 3 is 1.67 bits per heavy atom. The average Bonchev–Trinajstić information content (AvgIpc) is 3.85. The maximum atomic E-state index is 6.35. The van der Waals surface area contributed by atoms with Crippen molar-refractivity contribution in [1.29, 1.82) is 0 Å². The predicted octanol–water partition coefficient (Wildman–Crippen LogP) is 15.9. The van der Waals surface area contributed by atoms with E-state index in [0.29, 0.717) is 0 Å². The number of fused-ring (bicyclic) bond motifs is 12. The van der Waals surface area contributed by atoms with Gasteiger partial charge in [-0.15, -0.1) is 0 Å². The molecule has 13 rings (SSSR count). The predicted molar refractivity (Wildman–Crippen MR) is 252 cm³/mol. The quantitative estimate of drug-likeness (QED) is 0.129. The van der Waals surface area contributed by atoms with Crippen LogP contribution < -0.4 is 0 Å². The highest BCUT2D eigenvalue weighted by Gasteiger charge is 2.48. The van der Waals surface area contributed by atoms with Gasteiger partial charge in [0, 0.05) is 10.8 Å². The highest BCUT2D eigenvalue weighted by molar-refractivity contribution is 6.20. The third-order valence-corrected chi connectivity index (χ3v) is 13.3. The van der Waals surface area contributed by atoms with Crippen LogP contribution in [0.3, 0.4) is 0 Å². The topological polar surface area (TPSA) is 13.1 Å². The van der Waals surface area contributed by atoms with Crippen molar-refractivity contribution in [2.75, 3.05) is 0 Å². The smallest absolute Gasteiger partial charge is 0.135 e. The molecule has 278 valence electrons. The third kappa shape index (κ3) is 4.58. The lowest BCUT2D eigenvalue weighted by molar-refractivity contribution is 0.669. The molecule has 60 heavy (non-hydrogen) atoms. The summed E-state index contributed by atoms with van der Waals surface area (Å²) in [5.41, 5.74) is 13.7. The van der Waals surface area contributed by atoms with Crippen LogP contribution in [0.15, 0.2) is 223 Å². The molecule has 1 aliphatic carbocycles. The van der Waals surface area contributed by atoms with Crippen LogP contribution in [0.4, 0.5) is 0 Å². The number of rotatable bonds is 4. The molecule has 0 fully saturated rings. The minimum atomic E-state index is -0.627. The average molecular weight is 761 g/mol. The standard InChI is InChI=1S/C59H36O/c1-3-18-42(19-4-1)59(43-20-5-2-6-21-43)53-36-41(56-45-23-11-8-16-38(45)34-51-44-22-10-7-15-37(44)27-30-48(51)56)28-31-49(53)57-50(33-39-17-9-12-24-46(39)58(57)59)40-29-32-55-52(35-40)47-25-13-14-26-54(47)60-55/h1-36H. The van der Waals surface area contributed by atoms with Gasteiger partial charge in [-0.05, 0) is 135 Å². The third-order valence-electron chi connectivity index (χ3n) is 13.3. The lowest BCUT2D eigenvalue weighted by Crippen LogP contribution is -2.29. The van der Waals surface area contributed by atoms with Crippen LogP contribution in [-0.4, -0.2) is 0 Å². The van der Waals surface area contributed by atoms with Crippen molar-refractivity contribution >= 4 is 65.0 Å².